The van der Waals surface area contributed by atoms with Gasteiger partial charge in [0, 0.05) is 12.1 Å². The Morgan fingerprint density at radius 3 is 2.47 bits per heavy atom. The van der Waals surface area contributed by atoms with Crippen LogP contribution < -0.4 is 5.32 Å². The smallest absolute Gasteiger partial charge is 0.0800 e. The molecule has 2 unspecified atom stereocenters. The van der Waals surface area contributed by atoms with Gasteiger partial charge in [-0.25, -0.2) is 0 Å². The normalized spacial score (nSPS) is 44.2. The SMILES string of the molecule is OC1([C@@H]2CC3CCCCC3N2)CCCC1. The number of rotatable bonds is 1. The molecule has 1 heterocycles. The fraction of sp³-hybridized carbons (Fsp3) is 1.00. The van der Waals surface area contributed by atoms with E-state index in [4.69, 9.17) is 0 Å². The first-order valence-electron chi connectivity index (χ1n) is 6.76. The first-order chi connectivity index (χ1) is 7.28. The third kappa shape index (κ3) is 1.72. The Kier molecular flexibility index (Phi) is 2.52. The Bertz CT molecular complexity index is 221. The summed E-state index contributed by atoms with van der Waals surface area (Å²) >= 11 is 0. The summed E-state index contributed by atoms with van der Waals surface area (Å²) in [7, 11) is 0. The molecule has 3 fully saturated rings. The number of aliphatic hydroxyl groups is 1. The van der Waals surface area contributed by atoms with Gasteiger partial charge in [-0.15, -0.1) is 0 Å². The maximum atomic E-state index is 10.6. The largest absolute Gasteiger partial charge is 0.388 e. The summed E-state index contributed by atoms with van der Waals surface area (Å²) in [5.74, 6) is 0.869. The molecule has 3 atom stereocenters. The lowest BCUT2D eigenvalue weighted by molar-refractivity contribution is 0.0123. The molecule has 0 aromatic heterocycles. The van der Waals surface area contributed by atoms with Crippen molar-refractivity contribution < 1.29 is 5.11 Å². The molecule has 2 nitrogen and oxygen atoms in total. The van der Waals surface area contributed by atoms with Crippen LogP contribution in [-0.4, -0.2) is 22.8 Å². The maximum absolute atomic E-state index is 10.6. The van der Waals surface area contributed by atoms with Crippen molar-refractivity contribution in [2.75, 3.05) is 0 Å². The van der Waals surface area contributed by atoms with E-state index in [0.717, 1.165) is 24.8 Å². The zero-order chi connectivity index (χ0) is 10.3. The molecule has 3 aliphatic rings. The zero-order valence-electron chi connectivity index (χ0n) is 9.54. The third-order valence-electron chi connectivity index (χ3n) is 4.98. The van der Waals surface area contributed by atoms with Crippen LogP contribution in [0.2, 0.25) is 0 Å². The van der Waals surface area contributed by atoms with Crippen LogP contribution in [0, 0.1) is 5.92 Å². The molecule has 2 saturated carbocycles. The van der Waals surface area contributed by atoms with Gasteiger partial charge >= 0.3 is 0 Å². The van der Waals surface area contributed by atoms with Gasteiger partial charge < -0.3 is 10.4 Å². The molecule has 0 spiro atoms. The van der Waals surface area contributed by atoms with Crippen molar-refractivity contribution in [3.05, 3.63) is 0 Å². The Morgan fingerprint density at radius 1 is 1.00 bits per heavy atom. The average Bonchev–Trinajstić information content (AvgIpc) is 2.84. The van der Waals surface area contributed by atoms with Crippen LogP contribution in [0.3, 0.4) is 0 Å². The number of hydrogen-bond donors (Lipinski definition) is 2. The molecule has 1 aliphatic heterocycles. The van der Waals surface area contributed by atoms with E-state index in [1.807, 2.05) is 0 Å². The summed E-state index contributed by atoms with van der Waals surface area (Å²) < 4.78 is 0. The molecule has 0 radical (unpaired) electrons. The molecule has 1 saturated heterocycles. The molecule has 2 heteroatoms. The lowest BCUT2D eigenvalue weighted by atomic mass is 9.82. The van der Waals surface area contributed by atoms with Gasteiger partial charge in [-0.1, -0.05) is 25.7 Å². The van der Waals surface area contributed by atoms with Gasteiger partial charge in [0.1, 0.15) is 0 Å². The van der Waals surface area contributed by atoms with Crippen molar-refractivity contribution in [1.82, 2.24) is 5.32 Å². The first-order valence-corrected chi connectivity index (χ1v) is 6.76. The van der Waals surface area contributed by atoms with E-state index in [9.17, 15) is 5.11 Å². The van der Waals surface area contributed by atoms with Crippen LogP contribution in [-0.2, 0) is 0 Å². The van der Waals surface area contributed by atoms with E-state index >= 15 is 0 Å². The fourth-order valence-corrected chi connectivity index (χ4v) is 4.05. The molecular weight excluding hydrogens is 186 g/mol. The summed E-state index contributed by atoms with van der Waals surface area (Å²) in [6.07, 6.45) is 11.3. The highest BCUT2D eigenvalue weighted by molar-refractivity contribution is 5.03. The Labute approximate surface area is 92.4 Å². The number of hydrogen-bond acceptors (Lipinski definition) is 2. The Morgan fingerprint density at radius 2 is 1.73 bits per heavy atom. The van der Waals surface area contributed by atoms with Gasteiger partial charge in [-0.3, -0.25) is 0 Å². The van der Waals surface area contributed by atoms with E-state index in [1.54, 1.807) is 0 Å². The van der Waals surface area contributed by atoms with Gasteiger partial charge in [0.25, 0.3) is 0 Å². The highest BCUT2D eigenvalue weighted by Crippen LogP contribution is 2.41. The van der Waals surface area contributed by atoms with Gasteiger partial charge in [0.15, 0.2) is 0 Å². The highest BCUT2D eigenvalue weighted by atomic mass is 16.3. The van der Waals surface area contributed by atoms with Gasteiger partial charge in [-0.05, 0) is 38.0 Å². The standard InChI is InChI=1S/C13H23NO/c15-13(7-3-4-8-13)12-9-10-5-1-2-6-11(10)14-12/h10-12,14-15H,1-9H2/t10?,11?,12-/m0/s1. The summed E-state index contributed by atoms with van der Waals surface area (Å²) in [5.41, 5.74) is -0.350. The number of nitrogens with one attached hydrogen (secondary N) is 1. The summed E-state index contributed by atoms with van der Waals surface area (Å²) in [5, 5.41) is 14.3. The zero-order valence-corrected chi connectivity index (χ0v) is 9.54. The molecule has 15 heavy (non-hydrogen) atoms. The minimum atomic E-state index is -0.350. The fourth-order valence-electron chi connectivity index (χ4n) is 4.05. The maximum Gasteiger partial charge on any atom is 0.0800 e. The predicted octanol–water partition coefficient (Wildman–Crippen LogP) is 2.21. The average molecular weight is 209 g/mol. The summed E-state index contributed by atoms with van der Waals surface area (Å²) in [4.78, 5) is 0. The summed E-state index contributed by atoms with van der Waals surface area (Å²) in [6.45, 7) is 0. The highest BCUT2D eigenvalue weighted by Gasteiger charge is 2.46. The second kappa shape index (κ2) is 3.74. The van der Waals surface area contributed by atoms with Crippen molar-refractivity contribution in [1.29, 1.82) is 0 Å². The summed E-state index contributed by atoms with van der Waals surface area (Å²) in [6, 6.07) is 1.14. The van der Waals surface area contributed by atoms with Crippen LogP contribution in [0.4, 0.5) is 0 Å². The molecule has 0 bridgehead atoms. The van der Waals surface area contributed by atoms with Crippen LogP contribution in [0.25, 0.3) is 0 Å². The molecule has 0 aromatic rings. The predicted molar refractivity (Wildman–Crippen MR) is 60.7 cm³/mol. The second-order valence-electron chi connectivity index (χ2n) is 5.92. The molecule has 0 aromatic carbocycles. The quantitative estimate of drug-likeness (QED) is 0.694. The first kappa shape index (κ1) is 10.1. The van der Waals surface area contributed by atoms with Gasteiger partial charge in [-0.2, -0.15) is 0 Å². The van der Waals surface area contributed by atoms with Crippen molar-refractivity contribution in [3.8, 4) is 0 Å². The van der Waals surface area contributed by atoms with E-state index < -0.39 is 0 Å². The molecule has 0 amide bonds. The van der Waals surface area contributed by atoms with E-state index in [2.05, 4.69) is 5.32 Å². The second-order valence-corrected chi connectivity index (χ2v) is 5.92. The van der Waals surface area contributed by atoms with Crippen LogP contribution in [0.1, 0.15) is 57.8 Å². The molecule has 3 rings (SSSR count). The van der Waals surface area contributed by atoms with Crippen LogP contribution >= 0.6 is 0 Å². The van der Waals surface area contributed by atoms with E-state index in [1.165, 1.54) is 44.9 Å². The van der Waals surface area contributed by atoms with Crippen molar-refractivity contribution in [2.45, 2.75) is 75.5 Å². The lowest BCUT2D eigenvalue weighted by Crippen LogP contribution is -2.47. The van der Waals surface area contributed by atoms with Crippen LogP contribution in [0.15, 0.2) is 0 Å². The minimum Gasteiger partial charge on any atom is -0.388 e. The third-order valence-corrected chi connectivity index (χ3v) is 4.98. The monoisotopic (exact) mass is 209 g/mol. The van der Waals surface area contributed by atoms with Crippen LogP contribution in [0.5, 0.6) is 0 Å². The Hall–Kier alpha value is -0.0800. The van der Waals surface area contributed by atoms with Gasteiger partial charge in [0.05, 0.1) is 5.60 Å². The van der Waals surface area contributed by atoms with Crippen molar-refractivity contribution >= 4 is 0 Å². The molecular formula is C13H23NO. The Balaban J connectivity index is 1.69. The molecule has 2 aliphatic carbocycles. The molecule has 2 N–H and O–H groups in total. The van der Waals surface area contributed by atoms with Crippen molar-refractivity contribution in [2.24, 2.45) is 5.92 Å². The topological polar surface area (TPSA) is 32.3 Å². The van der Waals surface area contributed by atoms with Crippen molar-refractivity contribution in [3.63, 3.8) is 0 Å². The van der Waals surface area contributed by atoms with Gasteiger partial charge in [0.2, 0.25) is 0 Å². The minimum absolute atomic E-state index is 0.350. The van der Waals surface area contributed by atoms with E-state index in [0.29, 0.717) is 6.04 Å². The molecule has 86 valence electrons. The van der Waals surface area contributed by atoms with E-state index in [-0.39, 0.29) is 5.60 Å². The lowest BCUT2D eigenvalue weighted by Gasteiger charge is -2.30. The number of fused-ring (bicyclic) bond motifs is 1.